The lowest BCUT2D eigenvalue weighted by Crippen LogP contribution is -2.21. The first-order chi connectivity index (χ1) is 14.7. The van der Waals surface area contributed by atoms with E-state index in [-0.39, 0.29) is 54.5 Å². The van der Waals surface area contributed by atoms with Crippen LogP contribution in [0.1, 0.15) is 53.7 Å². The van der Waals surface area contributed by atoms with Gasteiger partial charge in [-0.3, -0.25) is 19.5 Å². The van der Waals surface area contributed by atoms with Crippen LogP contribution in [0.15, 0.2) is 6.33 Å². The summed E-state index contributed by atoms with van der Waals surface area (Å²) in [5, 5.41) is 5.75. The van der Waals surface area contributed by atoms with Gasteiger partial charge in [-0.2, -0.15) is 9.97 Å². The van der Waals surface area contributed by atoms with Gasteiger partial charge in [-0.05, 0) is 12.3 Å². The molecule has 0 unspecified atom stereocenters. The van der Waals surface area contributed by atoms with E-state index < -0.39 is 0 Å². The van der Waals surface area contributed by atoms with Gasteiger partial charge in [0.25, 0.3) is 0 Å². The molecule has 1 aliphatic rings. The molecule has 170 valence electrons. The average Bonchev–Trinajstić information content (AvgIpc) is 3.28. The van der Waals surface area contributed by atoms with E-state index in [1.807, 2.05) is 18.4 Å². The molecule has 3 heterocycles. The number of hydrogen-bond donors (Lipinski definition) is 2. The molecule has 0 bridgehead atoms. The quantitative estimate of drug-likeness (QED) is 0.611. The number of esters is 1. The van der Waals surface area contributed by atoms with Crippen molar-refractivity contribution in [3.8, 4) is 0 Å². The summed E-state index contributed by atoms with van der Waals surface area (Å²) in [5.74, 6) is 0.579. The smallest absolute Gasteiger partial charge is 0.306 e. The second-order valence-electron chi connectivity index (χ2n) is 8.76. The molecule has 2 aromatic heterocycles. The van der Waals surface area contributed by atoms with Crippen molar-refractivity contribution in [2.75, 3.05) is 24.3 Å². The Bertz CT molecular complexity index is 941. The number of hydrogen-bond acceptors (Lipinski definition) is 8. The van der Waals surface area contributed by atoms with Gasteiger partial charge in [0.15, 0.2) is 17.0 Å². The highest BCUT2D eigenvalue weighted by atomic mass is 16.6. The molecule has 0 aliphatic carbocycles. The van der Waals surface area contributed by atoms with Gasteiger partial charge in [-0.1, -0.05) is 34.6 Å². The van der Waals surface area contributed by atoms with Crippen LogP contribution in [-0.2, 0) is 19.1 Å². The zero-order valence-electron chi connectivity index (χ0n) is 19.0. The molecule has 1 saturated heterocycles. The molecular weight excluding hydrogens is 400 g/mol. The van der Waals surface area contributed by atoms with Crippen molar-refractivity contribution in [2.45, 2.75) is 59.8 Å². The highest BCUT2D eigenvalue weighted by molar-refractivity contribution is 5.92. The normalized spacial score (nSPS) is 21.1. The Labute approximate surface area is 182 Å². The van der Waals surface area contributed by atoms with Crippen LogP contribution >= 0.6 is 0 Å². The molecule has 3 atom stereocenters. The highest BCUT2D eigenvalue weighted by Gasteiger charge is 2.35. The number of fused-ring (bicyclic) bond motifs is 1. The van der Waals surface area contributed by atoms with Crippen LogP contribution < -0.4 is 10.6 Å². The average molecular weight is 433 g/mol. The zero-order chi connectivity index (χ0) is 22.7. The summed E-state index contributed by atoms with van der Waals surface area (Å²) < 4.78 is 13.4. The SMILES string of the molecule is CNc1nc(NC(=O)C(C)C)nc2c1ncn2[C@@H]1O[C@H](COC(=O)CC(C)C)C[C@@H]1C. The molecule has 0 aromatic carbocycles. The standard InChI is InChI=1S/C21H32N6O4/c1-11(2)7-15(28)30-9-14-8-13(5)20(31-14)27-10-23-16-17(22-6)24-21(25-18(16)27)26-19(29)12(3)4/h10-14,20H,7-9H2,1-6H3,(H2,22,24,25,26,29)/t13-,14-,20+/m0/s1. The van der Waals surface area contributed by atoms with Crippen molar-refractivity contribution in [3.05, 3.63) is 6.33 Å². The minimum Gasteiger partial charge on any atom is -0.463 e. The molecule has 0 saturated carbocycles. The third-order valence-electron chi connectivity index (χ3n) is 5.15. The Morgan fingerprint density at radius 2 is 2.03 bits per heavy atom. The highest BCUT2D eigenvalue weighted by Crippen LogP contribution is 2.36. The molecule has 1 aliphatic heterocycles. The number of anilines is 2. The lowest BCUT2D eigenvalue weighted by atomic mass is 10.1. The van der Waals surface area contributed by atoms with Gasteiger partial charge >= 0.3 is 5.97 Å². The van der Waals surface area contributed by atoms with E-state index in [9.17, 15) is 9.59 Å². The molecule has 1 amide bonds. The summed E-state index contributed by atoms with van der Waals surface area (Å²) in [6, 6.07) is 0. The van der Waals surface area contributed by atoms with Crippen LogP contribution in [0.5, 0.6) is 0 Å². The van der Waals surface area contributed by atoms with Crippen LogP contribution in [0.2, 0.25) is 0 Å². The number of aromatic nitrogens is 4. The predicted molar refractivity (Wildman–Crippen MR) is 116 cm³/mol. The first-order valence-electron chi connectivity index (χ1n) is 10.7. The lowest BCUT2D eigenvalue weighted by Gasteiger charge is -2.18. The van der Waals surface area contributed by atoms with E-state index in [0.717, 1.165) is 6.42 Å². The van der Waals surface area contributed by atoms with Crippen molar-refractivity contribution in [1.29, 1.82) is 0 Å². The van der Waals surface area contributed by atoms with Gasteiger partial charge in [-0.25, -0.2) is 4.98 Å². The molecule has 10 heteroatoms. The van der Waals surface area contributed by atoms with Gasteiger partial charge in [0, 0.05) is 25.3 Å². The number of nitrogens with one attached hydrogen (secondary N) is 2. The topological polar surface area (TPSA) is 120 Å². The number of nitrogens with zero attached hydrogens (tertiary/aromatic N) is 4. The van der Waals surface area contributed by atoms with E-state index in [0.29, 0.717) is 23.4 Å². The van der Waals surface area contributed by atoms with Gasteiger partial charge < -0.3 is 14.8 Å². The first kappa shape index (κ1) is 22.9. The van der Waals surface area contributed by atoms with Crippen LogP contribution in [-0.4, -0.2) is 51.2 Å². The van der Waals surface area contributed by atoms with Crippen LogP contribution in [0.3, 0.4) is 0 Å². The summed E-state index contributed by atoms with van der Waals surface area (Å²) in [6.45, 7) is 9.88. The fourth-order valence-corrected chi connectivity index (χ4v) is 3.53. The maximum atomic E-state index is 12.1. The molecular formula is C21H32N6O4. The van der Waals surface area contributed by atoms with Crippen molar-refractivity contribution in [2.24, 2.45) is 17.8 Å². The van der Waals surface area contributed by atoms with E-state index in [2.05, 4.69) is 32.5 Å². The molecule has 2 aromatic rings. The number of ether oxygens (including phenoxy) is 2. The second-order valence-corrected chi connectivity index (χ2v) is 8.76. The fraction of sp³-hybridized carbons (Fsp3) is 0.667. The van der Waals surface area contributed by atoms with Crippen LogP contribution in [0.4, 0.5) is 11.8 Å². The number of rotatable bonds is 8. The zero-order valence-corrected chi connectivity index (χ0v) is 19.0. The minimum atomic E-state index is -0.313. The van der Waals surface area contributed by atoms with Gasteiger partial charge in [0.2, 0.25) is 11.9 Å². The molecule has 10 nitrogen and oxygen atoms in total. The van der Waals surface area contributed by atoms with E-state index in [1.165, 1.54) is 0 Å². The summed E-state index contributed by atoms with van der Waals surface area (Å²) in [7, 11) is 1.74. The summed E-state index contributed by atoms with van der Waals surface area (Å²) in [5.41, 5.74) is 1.15. The Balaban J connectivity index is 1.80. The van der Waals surface area contributed by atoms with Crippen molar-refractivity contribution in [1.82, 2.24) is 19.5 Å². The lowest BCUT2D eigenvalue weighted by molar-refractivity contribution is -0.149. The van der Waals surface area contributed by atoms with Gasteiger partial charge in [-0.15, -0.1) is 0 Å². The van der Waals surface area contributed by atoms with Crippen LogP contribution in [0.25, 0.3) is 11.2 Å². The van der Waals surface area contributed by atoms with E-state index in [4.69, 9.17) is 9.47 Å². The molecule has 0 radical (unpaired) electrons. The summed E-state index contributed by atoms with van der Waals surface area (Å²) in [4.78, 5) is 37.3. The molecule has 1 fully saturated rings. The number of carbonyl (C=O) groups excluding carboxylic acids is 2. The number of amides is 1. The van der Waals surface area contributed by atoms with Crippen molar-refractivity contribution < 1.29 is 19.1 Å². The molecule has 3 rings (SSSR count). The number of carbonyl (C=O) groups is 2. The maximum absolute atomic E-state index is 12.1. The molecule has 2 N–H and O–H groups in total. The third-order valence-corrected chi connectivity index (χ3v) is 5.15. The summed E-state index contributed by atoms with van der Waals surface area (Å²) in [6.07, 6.45) is 2.31. The Kier molecular flexibility index (Phi) is 7.09. The third kappa shape index (κ3) is 5.30. The monoisotopic (exact) mass is 432 g/mol. The second kappa shape index (κ2) is 9.59. The Morgan fingerprint density at radius 1 is 1.29 bits per heavy atom. The van der Waals surface area contributed by atoms with Gasteiger partial charge in [0.05, 0.1) is 12.4 Å². The predicted octanol–water partition coefficient (Wildman–Crippen LogP) is 2.98. The fourth-order valence-electron chi connectivity index (χ4n) is 3.53. The minimum absolute atomic E-state index is 0.160. The van der Waals surface area contributed by atoms with Crippen molar-refractivity contribution >= 4 is 34.8 Å². The number of imidazole rings is 1. The molecule has 0 spiro atoms. The Morgan fingerprint density at radius 3 is 2.68 bits per heavy atom. The van der Waals surface area contributed by atoms with Crippen LogP contribution in [0, 0.1) is 17.8 Å². The maximum Gasteiger partial charge on any atom is 0.306 e. The summed E-state index contributed by atoms with van der Waals surface area (Å²) >= 11 is 0. The van der Waals surface area contributed by atoms with E-state index >= 15 is 0 Å². The largest absolute Gasteiger partial charge is 0.463 e. The van der Waals surface area contributed by atoms with Crippen molar-refractivity contribution in [3.63, 3.8) is 0 Å². The first-order valence-corrected chi connectivity index (χ1v) is 10.7. The van der Waals surface area contributed by atoms with E-state index in [1.54, 1.807) is 27.2 Å². The Hall–Kier alpha value is -2.75. The molecule has 31 heavy (non-hydrogen) atoms. The van der Waals surface area contributed by atoms with Gasteiger partial charge in [0.1, 0.15) is 12.8 Å².